The van der Waals surface area contributed by atoms with Crippen molar-refractivity contribution < 1.29 is 14.9 Å². The summed E-state index contributed by atoms with van der Waals surface area (Å²) in [6.45, 7) is 1.95. The van der Waals surface area contributed by atoms with Gasteiger partial charge in [0, 0.05) is 11.3 Å². The van der Waals surface area contributed by atoms with E-state index in [0.29, 0.717) is 17.0 Å². The molecule has 0 aliphatic carbocycles. The predicted molar refractivity (Wildman–Crippen MR) is 70.5 cm³/mol. The average Bonchev–Trinajstić information content (AvgIpc) is 3.02. The van der Waals surface area contributed by atoms with Gasteiger partial charge in [0.1, 0.15) is 18.1 Å². The van der Waals surface area contributed by atoms with Gasteiger partial charge in [0.25, 0.3) is 0 Å². The highest BCUT2D eigenvalue weighted by atomic mass is 16.5. The van der Waals surface area contributed by atoms with Gasteiger partial charge in [0.05, 0.1) is 26.1 Å². The van der Waals surface area contributed by atoms with Crippen LogP contribution in [0.15, 0.2) is 12.7 Å². The van der Waals surface area contributed by atoms with Crippen molar-refractivity contribution >= 4 is 17.0 Å². The summed E-state index contributed by atoms with van der Waals surface area (Å²) in [5, 5.41) is 19.1. The fourth-order valence-electron chi connectivity index (χ4n) is 2.64. The Hall–Kier alpha value is -1.77. The topological polar surface area (TPSA) is 119 Å². The summed E-state index contributed by atoms with van der Waals surface area (Å²) < 4.78 is 7.53. The van der Waals surface area contributed by atoms with Crippen LogP contribution >= 0.6 is 0 Å². The number of aliphatic hydroxyl groups excluding tert-OH is 2. The van der Waals surface area contributed by atoms with Crippen molar-refractivity contribution in [1.29, 1.82) is 0 Å². The van der Waals surface area contributed by atoms with Crippen LogP contribution in [0.25, 0.3) is 11.2 Å². The van der Waals surface area contributed by atoms with Crippen molar-refractivity contribution in [2.45, 2.75) is 13.2 Å². The van der Waals surface area contributed by atoms with Crippen LogP contribution in [0.1, 0.15) is 13.2 Å². The maximum Gasteiger partial charge on any atom is 0.167 e. The lowest BCUT2D eigenvalue weighted by atomic mass is 9.79. The monoisotopic (exact) mass is 279 g/mol. The third kappa shape index (κ3) is 1.69. The molecule has 0 saturated carbocycles. The molecule has 4 N–H and O–H groups in total. The lowest BCUT2D eigenvalue weighted by molar-refractivity contribution is 0.0222. The molecule has 8 nitrogen and oxygen atoms in total. The number of rotatable bonds is 3. The molecule has 1 fully saturated rings. The Morgan fingerprint density at radius 2 is 2.15 bits per heavy atom. The second-order valence-electron chi connectivity index (χ2n) is 5.25. The predicted octanol–water partition coefficient (Wildman–Crippen LogP) is -0.456. The number of hydrogen-bond donors (Lipinski definition) is 3. The molecule has 20 heavy (non-hydrogen) atoms. The minimum absolute atomic E-state index is 0.0916. The largest absolute Gasteiger partial charge is 0.396 e. The van der Waals surface area contributed by atoms with E-state index in [-0.39, 0.29) is 32.0 Å². The molecule has 3 rings (SSSR count). The molecule has 1 saturated heterocycles. The first kappa shape index (κ1) is 13.2. The number of nitrogens with two attached hydrogens (primary N) is 1. The van der Waals surface area contributed by atoms with Gasteiger partial charge in [-0.3, -0.25) is 4.57 Å². The van der Waals surface area contributed by atoms with Crippen LogP contribution in [-0.2, 0) is 4.74 Å². The first-order chi connectivity index (χ1) is 9.63. The van der Waals surface area contributed by atoms with Crippen LogP contribution < -0.4 is 5.73 Å². The Labute approximate surface area is 115 Å². The zero-order chi connectivity index (χ0) is 14.3. The molecule has 0 radical (unpaired) electrons. The van der Waals surface area contributed by atoms with E-state index in [1.54, 1.807) is 10.9 Å². The summed E-state index contributed by atoms with van der Waals surface area (Å²) >= 11 is 0. The summed E-state index contributed by atoms with van der Waals surface area (Å²) in [6, 6.07) is 0. The Morgan fingerprint density at radius 1 is 1.40 bits per heavy atom. The Bertz CT molecular complexity index is 625. The van der Waals surface area contributed by atoms with Gasteiger partial charge in [-0.2, -0.15) is 0 Å². The van der Waals surface area contributed by atoms with E-state index < -0.39 is 5.41 Å². The van der Waals surface area contributed by atoms with Crippen LogP contribution in [0.2, 0.25) is 0 Å². The number of aromatic nitrogens is 4. The number of nitrogens with zero attached hydrogens (tertiary/aromatic N) is 4. The van der Waals surface area contributed by atoms with Crippen molar-refractivity contribution in [2.75, 3.05) is 25.6 Å². The van der Waals surface area contributed by atoms with Crippen molar-refractivity contribution in [3.8, 4) is 0 Å². The van der Waals surface area contributed by atoms with Crippen molar-refractivity contribution in [1.82, 2.24) is 19.5 Å². The molecule has 0 bridgehead atoms. The zero-order valence-corrected chi connectivity index (χ0v) is 11.1. The Balaban J connectivity index is 2.03. The molecular formula is C12H17N5O3. The number of aliphatic hydroxyl groups is 2. The summed E-state index contributed by atoms with van der Waals surface area (Å²) in [7, 11) is 0. The van der Waals surface area contributed by atoms with E-state index in [0.717, 1.165) is 0 Å². The van der Waals surface area contributed by atoms with Crippen LogP contribution in [0.3, 0.4) is 0 Å². The van der Waals surface area contributed by atoms with E-state index >= 15 is 0 Å². The standard InChI is InChI=1S/C12H17N5O3/c1-7-11(20-4-12(7,2-18)3-19)17-6-16-8-9(13)14-5-15-10(8)17/h5-7,11,18-19H,2-4H2,1H3,(H2,13,14,15)/t7-,11+/m1/s1. The van der Waals surface area contributed by atoms with Gasteiger partial charge in [-0.15, -0.1) is 0 Å². The van der Waals surface area contributed by atoms with Gasteiger partial charge in [-0.25, -0.2) is 15.0 Å². The normalized spacial score (nSPS) is 25.4. The molecule has 0 amide bonds. The van der Waals surface area contributed by atoms with Gasteiger partial charge in [0.2, 0.25) is 0 Å². The fourth-order valence-corrected chi connectivity index (χ4v) is 2.64. The highest BCUT2D eigenvalue weighted by molar-refractivity contribution is 5.81. The molecule has 108 valence electrons. The van der Waals surface area contributed by atoms with Gasteiger partial charge < -0.3 is 20.7 Å². The fraction of sp³-hybridized carbons (Fsp3) is 0.583. The Kier molecular flexibility index (Phi) is 3.08. The minimum Gasteiger partial charge on any atom is -0.396 e. The first-order valence-corrected chi connectivity index (χ1v) is 6.39. The molecule has 0 aromatic carbocycles. The van der Waals surface area contributed by atoms with Gasteiger partial charge in [-0.1, -0.05) is 6.92 Å². The molecule has 2 aromatic rings. The SMILES string of the molecule is C[C@@H]1[C@@H](n2cnc3c(N)ncnc32)OCC1(CO)CO. The minimum atomic E-state index is -0.653. The lowest BCUT2D eigenvalue weighted by Gasteiger charge is -2.29. The second-order valence-corrected chi connectivity index (χ2v) is 5.25. The molecule has 3 heterocycles. The molecular weight excluding hydrogens is 262 g/mol. The zero-order valence-electron chi connectivity index (χ0n) is 11.1. The van der Waals surface area contributed by atoms with Gasteiger partial charge in [-0.05, 0) is 0 Å². The second kappa shape index (κ2) is 4.65. The quantitative estimate of drug-likeness (QED) is 0.695. The molecule has 1 aliphatic heterocycles. The highest BCUT2D eigenvalue weighted by Gasteiger charge is 2.47. The number of ether oxygens (including phenoxy) is 1. The van der Waals surface area contributed by atoms with Gasteiger partial charge in [0.15, 0.2) is 11.5 Å². The molecule has 1 aliphatic rings. The highest BCUT2D eigenvalue weighted by Crippen LogP contribution is 2.44. The van der Waals surface area contributed by atoms with E-state index in [1.807, 2.05) is 6.92 Å². The van der Waals surface area contributed by atoms with Crippen molar-refractivity contribution in [3.63, 3.8) is 0 Å². The summed E-state index contributed by atoms with van der Waals surface area (Å²) in [5.74, 6) is 0.223. The van der Waals surface area contributed by atoms with Crippen LogP contribution in [0, 0.1) is 11.3 Å². The average molecular weight is 279 g/mol. The lowest BCUT2D eigenvalue weighted by Crippen LogP contribution is -2.36. The third-order valence-corrected chi connectivity index (χ3v) is 4.23. The van der Waals surface area contributed by atoms with E-state index in [2.05, 4.69) is 15.0 Å². The van der Waals surface area contributed by atoms with Crippen molar-refractivity contribution in [2.24, 2.45) is 11.3 Å². The number of imidazole rings is 1. The maximum absolute atomic E-state index is 9.55. The first-order valence-electron chi connectivity index (χ1n) is 6.39. The van der Waals surface area contributed by atoms with Crippen molar-refractivity contribution in [3.05, 3.63) is 12.7 Å². The van der Waals surface area contributed by atoms with Gasteiger partial charge >= 0.3 is 0 Å². The molecule has 2 aromatic heterocycles. The third-order valence-electron chi connectivity index (χ3n) is 4.23. The number of anilines is 1. The van der Waals surface area contributed by atoms with Crippen LogP contribution in [-0.4, -0.2) is 49.6 Å². The van der Waals surface area contributed by atoms with E-state index in [9.17, 15) is 10.2 Å². The Morgan fingerprint density at radius 3 is 2.80 bits per heavy atom. The number of hydrogen-bond acceptors (Lipinski definition) is 7. The van der Waals surface area contributed by atoms with E-state index in [4.69, 9.17) is 10.5 Å². The molecule has 0 unspecified atom stereocenters. The molecule has 0 spiro atoms. The van der Waals surface area contributed by atoms with E-state index in [1.165, 1.54) is 6.33 Å². The van der Waals surface area contributed by atoms with Crippen LogP contribution in [0.5, 0.6) is 0 Å². The smallest absolute Gasteiger partial charge is 0.167 e. The van der Waals surface area contributed by atoms with Crippen LogP contribution in [0.4, 0.5) is 5.82 Å². The number of fused-ring (bicyclic) bond motifs is 1. The summed E-state index contributed by atoms with van der Waals surface area (Å²) in [6.07, 6.45) is 2.62. The maximum atomic E-state index is 9.55. The molecule has 8 heteroatoms. The summed E-state index contributed by atoms with van der Waals surface area (Å²) in [4.78, 5) is 12.3. The number of nitrogen functional groups attached to an aromatic ring is 1. The summed E-state index contributed by atoms with van der Waals surface area (Å²) in [5.41, 5.74) is 6.21. The molecule has 2 atom stereocenters.